The average molecular weight is 428 g/mol. The molecule has 0 spiro atoms. The van der Waals surface area contributed by atoms with Crippen molar-refractivity contribution < 1.29 is 9.59 Å². The number of aliphatic imine (C=N–C) groups is 1. The number of rotatable bonds is 7. The molecule has 0 aromatic heterocycles. The van der Waals surface area contributed by atoms with Crippen LogP contribution >= 0.6 is 0 Å². The number of benzene rings is 1. The van der Waals surface area contributed by atoms with E-state index in [0.29, 0.717) is 13.0 Å². The Morgan fingerprint density at radius 3 is 2.52 bits per heavy atom. The fourth-order valence-corrected chi connectivity index (χ4v) is 4.46. The fourth-order valence-electron chi connectivity index (χ4n) is 4.46. The van der Waals surface area contributed by atoms with Crippen LogP contribution < -0.4 is 16.0 Å². The molecule has 1 aliphatic heterocycles. The second kappa shape index (κ2) is 11.2. The first-order chi connectivity index (χ1) is 15.0. The predicted octanol–water partition coefficient (Wildman–Crippen LogP) is 2.56. The highest BCUT2D eigenvalue weighted by molar-refractivity contribution is 5.81. The topological polar surface area (TPSA) is 85.8 Å². The Morgan fingerprint density at radius 1 is 1.16 bits per heavy atom. The molecular weight excluding hydrogens is 390 g/mol. The van der Waals surface area contributed by atoms with E-state index >= 15 is 0 Å². The van der Waals surface area contributed by atoms with E-state index < -0.39 is 0 Å². The number of hydrogen-bond donors (Lipinski definition) is 3. The van der Waals surface area contributed by atoms with E-state index in [0.717, 1.165) is 51.2 Å². The molecule has 1 fully saturated rings. The Morgan fingerprint density at radius 2 is 1.87 bits per heavy atom. The van der Waals surface area contributed by atoms with Crippen molar-refractivity contribution in [2.75, 3.05) is 13.6 Å². The molecule has 0 radical (unpaired) electrons. The standard InChI is InChI=1S/C24H37N5O2/c1-17(2)27-23(31)18-10-6-11-21(14-18)28-24(25-3)26-13-7-12-22(30)29-15-19-8-4-5-9-20(19)16-29/h4-5,8-9,17-18,21H,6-7,10-16H2,1-3H3,(H,27,31)(H2,25,26,28). The number of fused-ring (bicyclic) bond motifs is 1. The third kappa shape index (κ3) is 6.71. The normalized spacial score (nSPS) is 21.0. The number of carbonyl (C=O) groups excluding carboxylic acids is 2. The summed E-state index contributed by atoms with van der Waals surface area (Å²) in [5, 5.41) is 9.82. The van der Waals surface area contributed by atoms with E-state index in [1.54, 1.807) is 7.05 Å². The highest BCUT2D eigenvalue weighted by Crippen LogP contribution is 2.25. The molecule has 3 N–H and O–H groups in total. The van der Waals surface area contributed by atoms with Crippen molar-refractivity contribution in [3.63, 3.8) is 0 Å². The first-order valence-electron chi connectivity index (χ1n) is 11.6. The van der Waals surface area contributed by atoms with Gasteiger partial charge in [-0.2, -0.15) is 0 Å². The molecule has 2 aliphatic rings. The molecule has 1 heterocycles. The van der Waals surface area contributed by atoms with Gasteiger partial charge in [-0.05, 0) is 50.7 Å². The quantitative estimate of drug-likeness (QED) is 0.355. The van der Waals surface area contributed by atoms with Crippen LogP contribution in [0.2, 0.25) is 0 Å². The minimum atomic E-state index is 0.0639. The van der Waals surface area contributed by atoms with Crippen molar-refractivity contribution in [1.82, 2.24) is 20.9 Å². The van der Waals surface area contributed by atoms with Gasteiger partial charge in [-0.25, -0.2) is 0 Å². The lowest BCUT2D eigenvalue weighted by Gasteiger charge is -2.30. The average Bonchev–Trinajstić information content (AvgIpc) is 3.20. The summed E-state index contributed by atoms with van der Waals surface area (Å²) in [6.07, 6.45) is 5.14. The van der Waals surface area contributed by atoms with Gasteiger partial charge in [0.15, 0.2) is 5.96 Å². The Balaban J connectivity index is 1.36. The van der Waals surface area contributed by atoms with E-state index in [1.165, 1.54) is 11.1 Å². The maximum atomic E-state index is 12.5. The first kappa shape index (κ1) is 23.1. The molecule has 0 saturated heterocycles. The molecule has 31 heavy (non-hydrogen) atoms. The second-order valence-corrected chi connectivity index (χ2v) is 8.99. The summed E-state index contributed by atoms with van der Waals surface area (Å²) in [7, 11) is 1.76. The highest BCUT2D eigenvalue weighted by atomic mass is 16.2. The molecule has 2 amide bonds. The van der Waals surface area contributed by atoms with Crippen molar-refractivity contribution in [1.29, 1.82) is 0 Å². The van der Waals surface area contributed by atoms with Gasteiger partial charge < -0.3 is 20.9 Å². The lowest BCUT2D eigenvalue weighted by molar-refractivity contribution is -0.132. The van der Waals surface area contributed by atoms with Crippen molar-refractivity contribution in [3.05, 3.63) is 35.4 Å². The number of carbonyl (C=O) groups is 2. The summed E-state index contributed by atoms with van der Waals surface area (Å²) >= 11 is 0. The summed E-state index contributed by atoms with van der Waals surface area (Å²) in [4.78, 5) is 31.1. The number of hydrogen-bond acceptors (Lipinski definition) is 3. The van der Waals surface area contributed by atoms with Crippen LogP contribution in [0.1, 0.15) is 63.5 Å². The van der Waals surface area contributed by atoms with Crippen LogP contribution in [-0.2, 0) is 22.7 Å². The molecule has 1 aromatic rings. The molecule has 1 saturated carbocycles. The van der Waals surface area contributed by atoms with E-state index in [4.69, 9.17) is 0 Å². The Labute approximate surface area is 186 Å². The van der Waals surface area contributed by atoms with Crippen molar-refractivity contribution in [2.24, 2.45) is 10.9 Å². The largest absolute Gasteiger partial charge is 0.356 e. The van der Waals surface area contributed by atoms with Gasteiger partial charge in [-0.15, -0.1) is 0 Å². The zero-order valence-corrected chi connectivity index (χ0v) is 19.1. The lowest BCUT2D eigenvalue weighted by atomic mass is 9.85. The van der Waals surface area contributed by atoms with Crippen LogP contribution in [0.3, 0.4) is 0 Å². The highest BCUT2D eigenvalue weighted by Gasteiger charge is 2.28. The molecular formula is C24H37N5O2. The molecule has 1 aromatic carbocycles. The van der Waals surface area contributed by atoms with E-state index in [2.05, 4.69) is 33.1 Å². The smallest absolute Gasteiger partial charge is 0.223 e. The van der Waals surface area contributed by atoms with Gasteiger partial charge in [0.25, 0.3) is 0 Å². The third-order valence-corrected chi connectivity index (χ3v) is 6.09. The predicted molar refractivity (Wildman–Crippen MR) is 123 cm³/mol. The second-order valence-electron chi connectivity index (χ2n) is 8.99. The summed E-state index contributed by atoms with van der Waals surface area (Å²) in [5.41, 5.74) is 2.51. The van der Waals surface area contributed by atoms with E-state index in [9.17, 15) is 9.59 Å². The van der Waals surface area contributed by atoms with Crippen LogP contribution in [0.15, 0.2) is 29.3 Å². The SMILES string of the molecule is CN=C(NCCCC(=O)N1Cc2ccccc2C1)NC1CCCC(C(=O)NC(C)C)C1. The Kier molecular flexibility index (Phi) is 8.32. The van der Waals surface area contributed by atoms with Gasteiger partial charge in [-0.3, -0.25) is 14.6 Å². The summed E-state index contributed by atoms with van der Waals surface area (Å²) in [6.45, 7) is 6.12. The molecule has 170 valence electrons. The van der Waals surface area contributed by atoms with Crippen LogP contribution in [-0.4, -0.2) is 48.3 Å². The Hall–Kier alpha value is -2.57. The van der Waals surface area contributed by atoms with Crippen molar-refractivity contribution in [3.8, 4) is 0 Å². The monoisotopic (exact) mass is 427 g/mol. The number of nitrogens with one attached hydrogen (secondary N) is 3. The fraction of sp³-hybridized carbons (Fsp3) is 0.625. The number of nitrogens with zero attached hydrogens (tertiary/aromatic N) is 2. The van der Waals surface area contributed by atoms with Crippen molar-refractivity contribution in [2.45, 2.75) is 77.5 Å². The molecule has 2 atom stereocenters. The van der Waals surface area contributed by atoms with E-state index in [1.807, 2.05) is 30.9 Å². The third-order valence-electron chi connectivity index (χ3n) is 6.09. The minimum absolute atomic E-state index is 0.0639. The number of guanidine groups is 1. The summed E-state index contributed by atoms with van der Waals surface area (Å²) in [5.74, 6) is 1.17. The minimum Gasteiger partial charge on any atom is -0.356 e. The van der Waals surface area contributed by atoms with Gasteiger partial charge in [0.05, 0.1) is 0 Å². The molecule has 7 heteroatoms. The van der Waals surface area contributed by atoms with Crippen LogP contribution in [0.5, 0.6) is 0 Å². The molecule has 2 unspecified atom stereocenters. The first-order valence-corrected chi connectivity index (χ1v) is 11.6. The summed E-state index contributed by atoms with van der Waals surface area (Å²) in [6, 6.07) is 8.67. The maximum absolute atomic E-state index is 12.5. The molecule has 3 rings (SSSR count). The zero-order chi connectivity index (χ0) is 22.2. The van der Waals surface area contributed by atoms with Gasteiger partial charge >= 0.3 is 0 Å². The van der Waals surface area contributed by atoms with Gasteiger partial charge in [-0.1, -0.05) is 30.7 Å². The van der Waals surface area contributed by atoms with Gasteiger partial charge in [0.1, 0.15) is 0 Å². The molecule has 1 aliphatic carbocycles. The van der Waals surface area contributed by atoms with Gasteiger partial charge in [0, 0.05) is 51.1 Å². The van der Waals surface area contributed by atoms with Gasteiger partial charge in [0.2, 0.25) is 11.8 Å². The molecule has 0 bridgehead atoms. The van der Waals surface area contributed by atoms with Crippen LogP contribution in [0.25, 0.3) is 0 Å². The summed E-state index contributed by atoms with van der Waals surface area (Å²) < 4.78 is 0. The molecule has 7 nitrogen and oxygen atoms in total. The lowest BCUT2D eigenvalue weighted by Crippen LogP contribution is -2.47. The number of amides is 2. The van der Waals surface area contributed by atoms with E-state index in [-0.39, 0.29) is 29.8 Å². The Bertz CT molecular complexity index is 767. The maximum Gasteiger partial charge on any atom is 0.223 e. The van der Waals surface area contributed by atoms with Crippen molar-refractivity contribution >= 4 is 17.8 Å². The van der Waals surface area contributed by atoms with Crippen LogP contribution in [0, 0.1) is 5.92 Å². The zero-order valence-electron chi connectivity index (χ0n) is 19.1. The van der Waals surface area contributed by atoms with Crippen LogP contribution in [0.4, 0.5) is 0 Å².